The van der Waals surface area contributed by atoms with E-state index in [2.05, 4.69) is 20.1 Å². The molecule has 0 aromatic rings. The zero-order valence-electron chi connectivity index (χ0n) is 10.5. The molecule has 14 nitrogen and oxygen atoms in total. The summed E-state index contributed by atoms with van der Waals surface area (Å²) in [5.74, 6) is -8.54. The van der Waals surface area contributed by atoms with E-state index < -0.39 is 47.8 Å². The highest BCUT2D eigenvalue weighted by atomic mass is 16.4. The van der Waals surface area contributed by atoms with Gasteiger partial charge in [0.05, 0.1) is 0 Å². The lowest BCUT2D eigenvalue weighted by molar-refractivity contribution is -0.162. The molecule has 14 heteroatoms. The molecule has 0 spiro atoms. The van der Waals surface area contributed by atoms with Gasteiger partial charge in [0.2, 0.25) is 11.1 Å². The van der Waals surface area contributed by atoms with Crippen molar-refractivity contribution in [2.45, 2.75) is 23.9 Å². The number of aliphatic carboxylic acids is 4. The zero-order chi connectivity index (χ0) is 17.6. The Hall–Kier alpha value is -3.50. The summed E-state index contributed by atoms with van der Waals surface area (Å²) < 4.78 is 0. The molecule has 0 aromatic carbocycles. The first-order valence-electron chi connectivity index (χ1n) is 5.17. The van der Waals surface area contributed by atoms with Crippen LogP contribution in [0.15, 0.2) is 10.2 Å². The molecule has 0 aliphatic carbocycles. The number of hydrogen-bond donors (Lipinski definition) is 4. The Labute approximate surface area is 119 Å². The summed E-state index contributed by atoms with van der Waals surface area (Å²) in [6.45, 7) is 0. The number of carbonyl (C=O) groups is 4. The fourth-order valence-corrected chi connectivity index (χ4v) is 1.40. The molecule has 0 saturated carbocycles. The van der Waals surface area contributed by atoms with Crippen molar-refractivity contribution < 1.29 is 39.6 Å². The van der Waals surface area contributed by atoms with Crippen LogP contribution in [0.25, 0.3) is 20.9 Å². The Bertz CT molecular complexity index is 523. The summed E-state index contributed by atoms with van der Waals surface area (Å²) in [5, 5.41) is 40.7. The number of rotatable bonds is 9. The van der Waals surface area contributed by atoms with Crippen molar-refractivity contribution in [3.63, 3.8) is 0 Å². The van der Waals surface area contributed by atoms with Gasteiger partial charge in [-0.05, 0) is 23.9 Å². The first-order chi connectivity index (χ1) is 10.1. The van der Waals surface area contributed by atoms with Crippen LogP contribution in [0.5, 0.6) is 0 Å². The largest absolute Gasteiger partial charge is 0.480 e. The third-order valence-corrected chi connectivity index (χ3v) is 2.69. The summed E-state index contributed by atoms with van der Waals surface area (Å²) >= 11 is 0. The van der Waals surface area contributed by atoms with Gasteiger partial charge in [-0.3, -0.25) is 19.2 Å². The van der Waals surface area contributed by atoms with E-state index in [1.165, 1.54) is 0 Å². The normalized spacial score (nSPS) is 10.7. The zero-order valence-corrected chi connectivity index (χ0v) is 10.5. The number of nitrogens with zero attached hydrogens (tertiary/aromatic N) is 6. The second-order valence-electron chi connectivity index (χ2n) is 3.82. The molecule has 0 amide bonds. The number of azide groups is 2. The highest BCUT2D eigenvalue weighted by Crippen LogP contribution is 2.28. The monoisotopic (exact) mass is 316 g/mol. The molecule has 0 bridgehead atoms. The van der Waals surface area contributed by atoms with Crippen LogP contribution in [0.4, 0.5) is 0 Å². The van der Waals surface area contributed by atoms with Gasteiger partial charge in [-0.1, -0.05) is 10.2 Å². The van der Waals surface area contributed by atoms with Crippen LogP contribution in [0.3, 0.4) is 0 Å². The lowest BCUT2D eigenvalue weighted by Crippen LogP contribution is -2.50. The molecule has 0 unspecified atom stereocenters. The minimum atomic E-state index is -3.14. The van der Waals surface area contributed by atoms with Gasteiger partial charge in [0.25, 0.3) is 0 Å². The predicted octanol–water partition coefficient (Wildman–Crippen LogP) is 0.203. The molecule has 118 valence electrons. The molecule has 0 heterocycles. The van der Waals surface area contributed by atoms with Crippen molar-refractivity contribution in [2.75, 3.05) is 0 Å². The Balaban J connectivity index is 5.95. The van der Waals surface area contributed by atoms with E-state index >= 15 is 0 Å². The van der Waals surface area contributed by atoms with Crippen molar-refractivity contribution in [3.05, 3.63) is 20.9 Å². The molecule has 0 rings (SSSR count). The van der Waals surface area contributed by atoms with Gasteiger partial charge in [-0.15, -0.1) is 0 Å². The van der Waals surface area contributed by atoms with Gasteiger partial charge >= 0.3 is 23.9 Å². The number of carboxylic acids is 4. The van der Waals surface area contributed by atoms with Crippen LogP contribution in [0.1, 0.15) is 12.8 Å². The molecular formula is C8H8N6O8. The smallest absolute Gasteiger partial charge is 0.327 e. The third-order valence-electron chi connectivity index (χ3n) is 2.69. The van der Waals surface area contributed by atoms with Crippen molar-refractivity contribution in [3.8, 4) is 0 Å². The van der Waals surface area contributed by atoms with E-state index in [-0.39, 0.29) is 0 Å². The van der Waals surface area contributed by atoms with Crippen molar-refractivity contribution in [1.29, 1.82) is 0 Å². The van der Waals surface area contributed by atoms with Gasteiger partial charge in [0.1, 0.15) is 0 Å². The lowest BCUT2D eigenvalue weighted by Gasteiger charge is -2.24. The van der Waals surface area contributed by atoms with Crippen molar-refractivity contribution in [1.82, 2.24) is 0 Å². The van der Waals surface area contributed by atoms with Crippen LogP contribution in [0, 0.1) is 0 Å². The summed E-state index contributed by atoms with van der Waals surface area (Å²) in [7, 11) is 0. The standard InChI is InChI=1S/C8H8N6O8/c9-13-11-7(3(15)16,4(17)18)1-2-8(5(19)20,6(21)22)12-14-10/h1-2H2,(H,15,16)(H,17,18)(H,19,20)(H,21,22). The van der Waals surface area contributed by atoms with Gasteiger partial charge < -0.3 is 20.4 Å². The third kappa shape index (κ3) is 3.15. The van der Waals surface area contributed by atoms with E-state index in [4.69, 9.17) is 31.5 Å². The number of carboxylic acid groups (broad SMARTS) is 4. The summed E-state index contributed by atoms with van der Waals surface area (Å²) in [5.41, 5.74) is 10.2. The second-order valence-corrected chi connectivity index (χ2v) is 3.82. The van der Waals surface area contributed by atoms with Gasteiger partial charge in [0.15, 0.2) is 0 Å². The molecule has 0 fully saturated rings. The average molecular weight is 316 g/mol. The van der Waals surface area contributed by atoms with Crippen LogP contribution >= 0.6 is 0 Å². The second kappa shape index (κ2) is 6.78. The average Bonchev–Trinajstić information content (AvgIpc) is 2.40. The first kappa shape index (κ1) is 18.5. The first-order valence-corrected chi connectivity index (χ1v) is 5.17. The van der Waals surface area contributed by atoms with Crippen LogP contribution < -0.4 is 0 Å². The van der Waals surface area contributed by atoms with E-state index in [1.54, 1.807) is 0 Å². The van der Waals surface area contributed by atoms with Gasteiger partial charge in [-0.2, -0.15) is 0 Å². The maximum atomic E-state index is 11.0. The van der Waals surface area contributed by atoms with Gasteiger partial charge in [-0.25, -0.2) is 0 Å². The quantitative estimate of drug-likeness (QED) is 0.197. The molecule has 0 saturated heterocycles. The minimum Gasteiger partial charge on any atom is -0.480 e. The van der Waals surface area contributed by atoms with E-state index in [9.17, 15) is 19.2 Å². The van der Waals surface area contributed by atoms with Crippen LogP contribution in [-0.2, 0) is 19.2 Å². The van der Waals surface area contributed by atoms with Gasteiger partial charge in [0, 0.05) is 9.82 Å². The van der Waals surface area contributed by atoms with E-state index in [0.717, 1.165) is 0 Å². The fourth-order valence-electron chi connectivity index (χ4n) is 1.40. The molecule has 0 aromatic heterocycles. The Morgan fingerprint density at radius 2 is 0.955 bits per heavy atom. The van der Waals surface area contributed by atoms with Crippen molar-refractivity contribution in [2.24, 2.45) is 10.2 Å². The SMILES string of the molecule is [N-]=[N+]=NC(CCC(N=[N+]=[N-])(C(=O)O)C(=O)O)(C(=O)O)C(=O)O. The molecule has 0 atom stereocenters. The minimum absolute atomic E-state index is 1.24. The molecule has 22 heavy (non-hydrogen) atoms. The molecule has 0 aliphatic heterocycles. The predicted molar refractivity (Wildman–Crippen MR) is 63.5 cm³/mol. The van der Waals surface area contributed by atoms with Crippen LogP contribution in [-0.4, -0.2) is 55.4 Å². The maximum absolute atomic E-state index is 11.0. The highest BCUT2D eigenvalue weighted by molar-refractivity contribution is 6.05. The Morgan fingerprint density at radius 1 is 0.727 bits per heavy atom. The highest BCUT2D eigenvalue weighted by Gasteiger charge is 2.52. The number of hydrogen-bond acceptors (Lipinski definition) is 6. The molecular weight excluding hydrogens is 308 g/mol. The summed E-state index contributed by atoms with van der Waals surface area (Å²) in [4.78, 5) is 48.2. The molecule has 4 N–H and O–H groups in total. The molecule has 0 aliphatic rings. The van der Waals surface area contributed by atoms with E-state index in [0.29, 0.717) is 0 Å². The van der Waals surface area contributed by atoms with Crippen LogP contribution in [0.2, 0.25) is 0 Å². The van der Waals surface area contributed by atoms with Crippen molar-refractivity contribution >= 4 is 23.9 Å². The van der Waals surface area contributed by atoms with E-state index in [1.807, 2.05) is 0 Å². The summed E-state index contributed by atoms with van der Waals surface area (Å²) in [6, 6.07) is 0. The Kier molecular flexibility index (Phi) is 5.71. The topological polar surface area (TPSA) is 247 Å². The maximum Gasteiger partial charge on any atom is 0.327 e. The molecule has 0 radical (unpaired) electrons. The Morgan fingerprint density at radius 3 is 1.09 bits per heavy atom. The lowest BCUT2D eigenvalue weighted by atomic mass is 9.85. The summed E-state index contributed by atoms with van der Waals surface area (Å²) in [6.07, 6.45) is -2.47. The fraction of sp³-hybridized carbons (Fsp3) is 0.500.